The number of benzene rings is 1. The molecule has 0 spiro atoms. The molecule has 1 aromatic carbocycles. The van der Waals surface area contributed by atoms with Gasteiger partial charge in [-0.15, -0.1) is 0 Å². The van der Waals surface area contributed by atoms with E-state index >= 15 is 0 Å². The number of hydrogen-bond donors (Lipinski definition) is 2. The molecule has 2 N–H and O–H groups in total. The maximum absolute atomic E-state index is 13.4. The average molecular weight is 314 g/mol. The van der Waals surface area contributed by atoms with Crippen LogP contribution in [-0.2, 0) is 0 Å². The molecule has 1 aromatic heterocycles. The Kier molecular flexibility index (Phi) is 2.99. The lowest BCUT2D eigenvalue weighted by Crippen LogP contribution is -2.33. The number of aromatic nitrogens is 2. The Morgan fingerprint density at radius 3 is 2.78 bits per heavy atom. The largest absolute Gasteiger partial charge is 0.326 e. The molecular weight excluding hydrogens is 301 g/mol. The smallest absolute Gasteiger partial charge is 0.317 e. The first-order chi connectivity index (χ1) is 8.66. The summed E-state index contributed by atoms with van der Waals surface area (Å²) in [4.78, 5) is 14.7. The fourth-order valence-corrected chi connectivity index (χ4v) is 2.88. The Bertz CT molecular complexity index is 643. The lowest BCUT2D eigenvalue weighted by atomic mass is 10.1. The third kappa shape index (κ3) is 1.89. The molecule has 0 radical (unpaired) electrons. The number of fused-ring (bicyclic) bond motifs is 1. The summed E-state index contributed by atoms with van der Waals surface area (Å²) in [6.07, 6.45) is 1.84. The molecule has 0 saturated carbocycles. The van der Waals surface area contributed by atoms with Gasteiger partial charge in [0.05, 0.1) is 15.5 Å². The average Bonchev–Trinajstić information content (AvgIpc) is 2.66. The van der Waals surface area contributed by atoms with Crippen molar-refractivity contribution in [2.45, 2.75) is 18.9 Å². The molecule has 0 aliphatic carbocycles. The second-order valence-electron chi connectivity index (χ2n) is 4.56. The number of aromatic amines is 1. The van der Waals surface area contributed by atoms with E-state index in [-0.39, 0.29) is 17.5 Å². The SMILES string of the molecule is O=c1[nH]c2cc(F)c(Br)cc2n1C1CCNCC1. The lowest BCUT2D eigenvalue weighted by Gasteiger charge is -2.23. The van der Waals surface area contributed by atoms with Crippen LogP contribution in [0.15, 0.2) is 21.4 Å². The van der Waals surface area contributed by atoms with Gasteiger partial charge in [-0.3, -0.25) is 4.57 Å². The number of nitrogens with one attached hydrogen (secondary N) is 2. The fourth-order valence-electron chi connectivity index (χ4n) is 2.55. The Balaban J connectivity index is 2.18. The zero-order valence-electron chi connectivity index (χ0n) is 9.67. The first-order valence-corrected chi connectivity index (χ1v) is 6.76. The molecule has 1 saturated heterocycles. The van der Waals surface area contributed by atoms with Gasteiger partial charge in [0.1, 0.15) is 5.82 Å². The quantitative estimate of drug-likeness (QED) is 0.847. The van der Waals surface area contributed by atoms with Gasteiger partial charge in [-0.2, -0.15) is 0 Å². The Morgan fingerprint density at radius 1 is 1.33 bits per heavy atom. The molecule has 1 fully saturated rings. The third-order valence-corrected chi connectivity index (χ3v) is 4.04. The zero-order chi connectivity index (χ0) is 12.7. The predicted molar refractivity (Wildman–Crippen MR) is 71.4 cm³/mol. The van der Waals surface area contributed by atoms with Gasteiger partial charge in [0.25, 0.3) is 0 Å². The summed E-state index contributed by atoms with van der Waals surface area (Å²) in [7, 11) is 0. The highest BCUT2D eigenvalue weighted by Crippen LogP contribution is 2.26. The number of halogens is 2. The van der Waals surface area contributed by atoms with E-state index in [4.69, 9.17) is 0 Å². The van der Waals surface area contributed by atoms with Gasteiger partial charge in [0.15, 0.2) is 0 Å². The molecule has 3 rings (SSSR count). The summed E-state index contributed by atoms with van der Waals surface area (Å²) in [5.74, 6) is -0.360. The molecule has 0 unspecified atom stereocenters. The van der Waals surface area contributed by atoms with Crippen LogP contribution in [0.25, 0.3) is 11.0 Å². The highest BCUT2D eigenvalue weighted by atomic mass is 79.9. The van der Waals surface area contributed by atoms with Crippen LogP contribution in [0.1, 0.15) is 18.9 Å². The van der Waals surface area contributed by atoms with Gasteiger partial charge in [0, 0.05) is 12.1 Å². The summed E-state index contributed by atoms with van der Waals surface area (Å²) >= 11 is 3.17. The molecule has 0 atom stereocenters. The molecule has 96 valence electrons. The van der Waals surface area contributed by atoms with Crippen molar-refractivity contribution in [2.75, 3.05) is 13.1 Å². The van der Waals surface area contributed by atoms with Crippen LogP contribution in [0.3, 0.4) is 0 Å². The van der Waals surface area contributed by atoms with Crippen molar-refractivity contribution in [2.24, 2.45) is 0 Å². The van der Waals surface area contributed by atoms with E-state index in [1.165, 1.54) is 6.07 Å². The standard InChI is InChI=1S/C12H13BrFN3O/c13-8-5-11-10(6-9(8)14)16-12(18)17(11)7-1-3-15-4-2-7/h5-7,15H,1-4H2,(H,16,18). The van der Waals surface area contributed by atoms with Crippen molar-refractivity contribution in [3.8, 4) is 0 Å². The van der Waals surface area contributed by atoms with Crippen LogP contribution in [0.5, 0.6) is 0 Å². The van der Waals surface area contributed by atoms with Crippen LogP contribution in [0, 0.1) is 5.82 Å². The number of H-pyrrole nitrogens is 1. The number of piperidine rings is 1. The molecule has 1 aliphatic rings. The van der Waals surface area contributed by atoms with Gasteiger partial charge < -0.3 is 10.3 Å². The maximum atomic E-state index is 13.4. The Labute approximate surface area is 111 Å². The molecule has 0 bridgehead atoms. The molecule has 4 nitrogen and oxygen atoms in total. The van der Waals surface area contributed by atoms with E-state index in [1.54, 1.807) is 10.6 Å². The highest BCUT2D eigenvalue weighted by molar-refractivity contribution is 9.10. The van der Waals surface area contributed by atoms with E-state index in [1.807, 2.05) is 0 Å². The number of hydrogen-bond acceptors (Lipinski definition) is 2. The molecule has 0 amide bonds. The summed E-state index contributed by atoms with van der Waals surface area (Å²) < 4.78 is 15.6. The van der Waals surface area contributed by atoms with Gasteiger partial charge in [-0.25, -0.2) is 9.18 Å². The van der Waals surface area contributed by atoms with Crippen LogP contribution < -0.4 is 11.0 Å². The number of nitrogens with zero attached hydrogens (tertiary/aromatic N) is 1. The summed E-state index contributed by atoms with van der Waals surface area (Å²) in [5.41, 5.74) is 1.16. The van der Waals surface area contributed by atoms with E-state index in [0.29, 0.717) is 9.99 Å². The predicted octanol–water partition coefficient (Wildman–Crippen LogP) is 2.16. The van der Waals surface area contributed by atoms with Gasteiger partial charge in [-0.05, 0) is 47.9 Å². The van der Waals surface area contributed by atoms with Crippen LogP contribution >= 0.6 is 15.9 Å². The lowest BCUT2D eigenvalue weighted by molar-refractivity contribution is 0.368. The van der Waals surface area contributed by atoms with Crippen molar-refractivity contribution < 1.29 is 4.39 Å². The first kappa shape index (κ1) is 11.9. The minimum absolute atomic E-state index is 0.158. The summed E-state index contributed by atoms with van der Waals surface area (Å²) in [5, 5.41) is 3.27. The van der Waals surface area contributed by atoms with Gasteiger partial charge in [0.2, 0.25) is 0 Å². The topological polar surface area (TPSA) is 49.8 Å². The summed E-state index contributed by atoms with van der Waals surface area (Å²) in [6.45, 7) is 1.82. The normalized spacial score (nSPS) is 17.4. The van der Waals surface area contributed by atoms with Gasteiger partial charge >= 0.3 is 5.69 Å². The van der Waals surface area contributed by atoms with Crippen LogP contribution in [0.2, 0.25) is 0 Å². The Hall–Kier alpha value is -1.14. The second kappa shape index (κ2) is 4.51. The molecule has 2 heterocycles. The van der Waals surface area contributed by atoms with Crippen molar-refractivity contribution in [3.63, 3.8) is 0 Å². The highest BCUT2D eigenvalue weighted by Gasteiger charge is 2.20. The molecule has 6 heteroatoms. The van der Waals surface area contributed by atoms with E-state index < -0.39 is 0 Å². The molecular formula is C12H13BrFN3O. The number of rotatable bonds is 1. The van der Waals surface area contributed by atoms with Gasteiger partial charge in [-0.1, -0.05) is 0 Å². The molecule has 1 aliphatic heterocycles. The monoisotopic (exact) mass is 313 g/mol. The van der Waals surface area contributed by atoms with Crippen molar-refractivity contribution >= 4 is 27.0 Å². The van der Waals surface area contributed by atoms with E-state index in [2.05, 4.69) is 26.2 Å². The fraction of sp³-hybridized carbons (Fsp3) is 0.417. The van der Waals surface area contributed by atoms with Crippen LogP contribution in [-0.4, -0.2) is 22.6 Å². The third-order valence-electron chi connectivity index (χ3n) is 3.43. The minimum atomic E-state index is -0.360. The van der Waals surface area contributed by atoms with E-state index in [9.17, 15) is 9.18 Å². The van der Waals surface area contributed by atoms with Crippen molar-refractivity contribution in [1.29, 1.82) is 0 Å². The summed E-state index contributed by atoms with van der Waals surface area (Å²) in [6, 6.07) is 3.22. The molecule has 18 heavy (non-hydrogen) atoms. The van der Waals surface area contributed by atoms with Crippen LogP contribution in [0.4, 0.5) is 4.39 Å². The first-order valence-electron chi connectivity index (χ1n) is 5.97. The van der Waals surface area contributed by atoms with Crippen molar-refractivity contribution in [3.05, 3.63) is 32.9 Å². The minimum Gasteiger partial charge on any atom is -0.317 e. The zero-order valence-corrected chi connectivity index (χ0v) is 11.3. The Morgan fingerprint density at radius 2 is 2.06 bits per heavy atom. The van der Waals surface area contributed by atoms with Crippen molar-refractivity contribution in [1.82, 2.24) is 14.9 Å². The second-order valence-corrected chi connectivity index (χ2v) is 5.42. The molecule has 2 aromatic rings. The number of imidazole rings is 1. The maximum Gasteiger partial charge on any atom is 0.326 e. The van der Waals surface area contributed by atoms with E-state index in [0.717, 1.165) is 31.4 Å².